The molecule has 0 atom stereocenters. The summed E-state index contributed by atoms with van der Waals surface area (Å²) in [5.41, 5.74) is 10.2. The summed E-state index contributed by atoms with van der Waals surface area (Å²) in [4.78, 5) is 48.2. The number of alkyl halides is 3. The first kappa shape index (κ1) is 27.9. The Morgan fingerprint density at radius 1 is 0.816 bits per heavy atom. The highest BCUT2D eigenvalue weighted by atomic mass is 19.4. The second kappa shape index (κ2) is 12.5. The average Bonchev–Trinajstić information content (AvgIpc) is 2.91. The summed E-state index contributed by atoms with van der Waals surface area (Å²) in [6, 6.07) is 20.8. The van der Waals surface area contributed by atoms with E-state index in [1.807, 2.05) is 0 Å². The van der Waals surface area contributed by atoms with E-state index in [0.717, 1.165) is 16.1 Å². The van der Waals surface area contributed by atoms with E-state index >= 15 is 0 Å². The first-order valence-corrected chi connectivity index (χ1v) is 11.1. The maximum absolute atomic E-state index is 13.2. The van der Waals surface area contributed by atoms with Crippen LogP contribution in [0.4, 0.5) is 13.2 Å². The van der Waals surface area contributed by atoms with Crippen LogP contribution in [0.15, 0.2) is 78.9 Å². The summed E-state index contributed by atoms with van der Waals surface area (Å²) in [7, 11) is 0. The molecule has 3 aromatic rings. The van der Waals surface area contributed by atoms with E-state index in [4.69, 9.17) is 10.5 Å². The van der Waals surface area contributed by atoms with Crippen molar-refractivity contribution in [2.45, 2.75) is 19.3 Å². The highest BCUT2D eigenvalue weighted by Crippen LogP contribution is 2.18. The minimum Gasteiger partial charge on any atom is -0.482 e. The third-order valence-corrected chi connectivity index (χ3v) is 5.01. The number of hydrazine groups is 1. The SMILES string of the molecule is NCc1ccc(C(=O)NN(Cc2ccccc2)C(=O)c2ccc(OCC(=O)OC(=O)C(F)(F)F)cc2)cc1. The molecule has 198 valence electrons. The Bertz CT molecular complexity index is 1280. The predicted octanol–water partition coefficient (Wildman–Crippen LogP) is 3.14. The summed E-state index contributed by atoms with van der Waals surface area (Å²) in [6.45, 7) is -0.606. The van der Waals surface area contributed by atoms with Crippen LogP contribution < -0.4 is 15.9 Å². The molecule has 2 amide bonds. The van der Waals surface area contributed by atoms with Gasteiger partial charge in [0.15, 0.2) is 6.61 Å². The van der Waals surface area contributed by atoms with E-state index in [-0.39, 0.29) is 17.9 Å². The van der Waals surface area contributed by atoms with Crippen LogP contribution in [0, 0.1) is 0 Å². The van der Waals surface area contributed by atoms with Gasteiger partial charge in [-0.3, -0.25) is 15.0 Å². The van der Waals surface area contributed by atoms with Crippen molar-refractivity contribution in [2.24, 2.45) is 5.73 Å². The van der Waals surface area contributed by atoms with Crippen molar-refractivity contribution in [1.29, 1.82) is 0 Å². The minimum atomic E-state index is -5.31. The number of nitrogens with zero attached hydrogens (tertiary/aromatic N) is 1. The first-order chi connectivity index (χ1) is 18.1. The molecule has 0 spiro atoms. The quantitative estimate of drug-likeness (QED) is 0.261. The highest BCUT2D eigenvalue weighted by Gasteiger charge is 2.42. The van der Waals surface area contributed by atoms with Crippen molar-refractivity contribution in [3.05, 3.63) is 101 Å². The fourth-order valence-electron chi connectivity index (χ4n) is 3.09. The van der Waals surface area contributed by atoms with Gasteiger partial charge >= 0.3 is 18.1 Å². The Hall–Kier alpha value is -4.71. The normalized spacial score (nSPS) is 10.8. The standard InChI is InChI=1S/C26H22F3N3O6/c27-26(28,29)25(36)38-22(33)16-37-21-12-10-20(11-13-21)24(35)32(15-18-4-2-1-3-5-18)31-23(34)19-8-6-17(14-30)7-9-19/h1-13H,14-16,30H2,(H,31,34). The molecule has 9 nitrogen and oxygen atoms in total. The monoisotopic (exact) mass is 529 g/mol. The molecule has 0 aliphatic heterocycles. The number of halogens is 3. The number of hydrogen-bond acceptors (Lipinski definition) is 7. The molecule has 0 unspecified atom stereocenters. The highest BCUT2D eigenvalue weighted by molar-refractivity contribution is 5.99. The maximum atomic E-state index is 13.2. The van der Waals surface area contributed by atoms with E-state index in [0.29, 0.717) is 12.1 Å². The van der Waals surface area contributed by atoms with Crippen molar-refractivity contribution in [1.82, 2.24) is 10.4 Å². The lowest BCUT2D eigenvalue weighted by Gasteiger charge is -2.24. The van der Waals surface area contributed by atoms with E-state index < -0.39 is 36.5 Å². The van der Waals surface area contributed by atoms with E-state index in [9.17, 15) is 32.3 Å². The fourth-order valence-corrected chi connectivity index (χ4v) is 3.09. The molecule has 12 heteroatoms. The van der Waals surface area contributed by atoms with Gasteiger partial charge in [-0.05, 0) is 47.5 Å². The van der Waals surface area contributed by atoms with Gasteiger partial charge in [0, 0.05) is 17.7 Å². The number of benzene rings is 3. The van der Waals surface area contributed by atoms with E-state index in [2.05, 4.69) is 10.2 Å². The van der Waals surface area contributed by atoms with Gasteiger partial charge in [-0.2, -0.15) is 13.2 Å². The molecule has 0 radical (unpaired) electrons. The molecule has 0 heterocycles. The maximum Gasteiger partial charge on any atom is 0.491 e. The zero-order valence-corrected chi connectivity index (χ0v) is 19.7. The number of nitrogens with one attached hydrogen (secondary N) is 1. The second-order valence-electron chi connectivity index (χ2n) is 7.79. The van der Waals surface area contributed by atoms with Gasteiger partial charge in [0.05, 0.1) is 6.54 Å². The average molecular weight is 529 g/mol. The Morgan fingerprint density at radius 3 is 2.00 bits per heavy atom. The van der Waals surface area contributed by atoms with Crippen LogP contribution >= 0.6 is 0 Å². The Balaban J connectivity index is 1.69. The number of hydrogen-bond donors (Lipinski definition) is 2. The van der Waals surface area contributed by atoms with Crippen molar-refractivity contribution in [2.75, 3.05) is 6.61 Å². The fraction of sp³-hybridized carbons (Fsp3) is 0.154. The smallest absolute Gasteiger partial charge is 0.482 e. The zero-order valence-electron chi connectivity index (χ0n) is 19.7. The van der Waals surface area contributed by atoms with Gasteiger partial charge in [-0.1, -0.05) is 42.5 Å². The number of nitrogens with two attached hydrogens (primary N) is 1. The van der Waals surface area contributed by atoms with Crippen LogP contribution in [0.5, 0.6) is 5.75 Å². The molecule has 38 heavy (non-hydrogen) atoms. The summed E-state index contributed by atoms with van der Waals surface area (Å²) >= 11 is 0. The largest absolute Gasteiger partial charge is 0.491 e. The van der Waals surface area contributed by atoms with E-state index in [1.165, 1.54) is 24.3 Å². The molecule has 0 fully saturated rings. The van der Waals surface area contributed by atoms with Crippen LogP contribution in [-0.4, -0.2) is 41.5 Å². The Labute approximate surface area is 214 Å². The number of carbonyl (C=O) groups excluding carboxylic acids is 4. The van der Waals surface area contributed by atoms with Crippen LogP contribution in [-0.2, 0) is 27.4 Å². The summed E-state index contributed by atoms with van der Waals surface area (Å²) in [5, 5.41) is 1.13. The molecular formula is C26H22F3N3O6. The lowest BCUT2D eigenvalue weighted by atomic mass is 10.1. The van der Waals surface area contributed by atoms with Crippen molar-refractivity contribution < 1.29 is 41.8 Å². The molecule has 0 aromatic heterocycles. The van der Waals surface area contributed by atoms with Crippen molar-refractivity contribution in [3.63, 3.8) is 0 Å². The van der Waals surface area contributed by atoms with Gasteiger partial charge < -0.3 is 15.2 Å². The van der Waals surface area contributed by atoms with Gasteiger partial charge in [-0.15, -0.1) is 0 Å². The molecule has 0 saturated heterocycles. The van der Waals surface area contributed by atoms with Crippen molar-refractivity contribution in [3.8, 4) is 5.75 Å². The zero-order chi connectivity index (χ0) is 27.7. The molecule has 3 N–H and O–H groups in total. The molecule has 0 aliphatic rings. The number of amides is 2. The van der Waals surface area contributed by atoms with Gasteiger partial charge in [0.25, 0.3) is 11.8 Å². The molecule has 0 saturated carbocycles. The molecule has 0 aliphatic carbocycles. The van der Waals surface area contributed by atoms with Crippen LogP contribution in [0.1, 0.15) is 31.8 Å². The summed E-state index contributed by atoms with van der Waals surface area (Å²) in [5.74, 6) is -5.25. The summed E-state index contributed by atoms with van der Waals surface area (Å²) < 4.78 is 45.2. The van der Waals surface area contributed by atoms with Crippen molar-refractivity contribution >= 4 is 23.8 Å². The topological polar surface area (TPSA) is 128 Å². The third-order valence-electron chi connectivity index (χ3n) is 5.01. The minimum absolute atomic E-state index is 0.0246. The molecule has 0 bridgehead atoms. The first-order valence-electron chi connectivity index (χ1n) is 11.1. The van der Waals surface area contributed by atoms with E-state index in [1.54, 1.807) is 54.6 Å². The van der Waals surface area contributed by atoms with Gasteiger partial charge in [-0.25, -0.2) is 14.6 Å². The number of esters is 2. The lowest BCUT2D eigenvalue weighted by Crippen LogP contribution is -2.45. The number of ether oxygens (including phenoxy) is 2. The van der Waals surface area contributed by atoms with Gasteiger partial charge in [0.1, 0.15) is 5.75 Å². The summed E-state index contributed by atoms with van der Waals surface area (Å²) in [6.07, 6.45) is -5.31. The van der Waals surface area contributed by atoms with Gasteiger partial charge in [0.2, 0.25) is 0 Å². The molecule has 3 rings (SSSR count). The second-order valence-corrected chi connectivity index (χ2v) is 7.79. The van der Waals surface area contributed by atoms with Crippen LogP contribution in [0.2, 0.25) is 0 Å². The number of rotatable bonds is 8. The molecular weight excluding hydrogens is 507 g/mol. The van der Waals surface area contributed by atoms with Crippen LogP contribution in [0.25, 0.3) is 0 Å². The Kier molecular flexibility index (Phi) is 9.17. The molecule has 3 aromatic carbocycles. The number of carbonyl (C=O) groups is 4. The lowest BCUT2D eigenvalue weighted by molar-refractivity contribution is -0.202. The predicted molar refractivity (Wildman–Crippen MR) is 127 cm³/mol. The Morgan fingerprint density at radius 2 is 1.42 bits per heavy atom. The third kappa shape index (κ3) is 7.90. The van der Waals surface area contributed by atoms with Crippen LogP contribution in [0.3, 0.4) is 0 Å².